The predicted octanol–water partition coefficient (Wildman–Crippen LogP) is 3.07. The minimum absolute atomic E-state index is 0.0867. The van der Waals surface area contributed by atoms with Gasteiger partial charge in [0.15, 0.2) is 11.5 Å². The number of phenolic OH excluding ortho intramolecular Hbond substituents is 1. The van der Waals surface area contributed by atoms with Crippen LogP contribution in [0.4, 0.5) is 0 Å². The van der Waals surface area contributed by atoms with Crippen molar-refractivity contribution in [3.8, 4) is 11.5 Å². The molecule has 0 spiro atoms. The monoisotopic (exact) mass is 328 g/mol. The summed E-state index contributed by atoms with van der Waals surface area (Å²) in [7, 11) is 1.50. The molecular weight excluding hydrogens is 304 g/mol. The Morgan fingerprint density at radius 3 is 2.46 bits per heavy atom. The number of benzene rings is 1. The van der Waals surface area contributed by atoms with Gasteiger partial charge in [-0.05, 0) is 80.0 Å². The molecule has 5 heteroatoms. The van der Waals surface area contributed by atoms with Gasteiger partial charge < -0.3 is 9.84 Å². The van der Waals surface area contributed by atoms with E-state index < -0.39 is 0 Å². The Kier molecular flexibility index (Phi) is 3.74. The summed E-state index contributed by atoms with van der Waals surface area (Å²) in [6.45, 7) is 0. The van der Waals surface area contributed by atoms with Gasteiger partial charge in [0.1, 0.15) is 0 Å². The van der Waals surface area contributed by atoms with E-state index in [9.17, 15) is 9.90 Å². The van der Waals surface area contributed by atoms with Gasteiger partial charge in [0, 0.05) is 0 Å². The molecule has 128 valence electrons. The standard InChI is InChI=1S/C19H24N2O3/c1-24-17-7-12(2-3-16(17)22)11-20-21-18(23)19-8-13-4-14(9-19)6-15(5-13)10-19/h2-3,7,11,13-15,22H,4-6,8-10H2,1H3,(H,21,23). The van der Waals surface area contributed by atoms with Gasteiger partial charge in [-0.25, -0.2) is 5.43 Å². The molecule has 4 aliphatic rings. The van der Waals surface area contributed by atoms with Crippen molar-refractivity contribution in [2.24, 2.45) is 28.3 Å². The van der Waals surface area contributed by atoms with Crippen molar-refractivity contribution in [3.05, 3.63) is 23.8 Å². The van der Waals surface area contributed by atoms with Crippen molar-refractivity contribution in [1.82, 2.24) is 5.43 Å². The Labute approximate surface area is 142 Å². The minimum atomic E-state index is -0.182. The maximum absolute atomic E-state index is 12.8. The molecule has 1 amide bonds. The SMILES string of the molecule is COc1cc(C=NNC(=O)C23CC4CC(CC(C4)C2)C3)ccc1O. The summed E-state index contributed by atoms with van der Waals surface area (Å²) in [6, 6.07) is 4.98. The first-order valence-electron chi connectivity index (χ1n) is 8.78. The van der Waals surface area contributed by atoms with Gasteiger partial charge in [-0.1, -0.05) is 0 Å². The summed E-state index contributed by atoms with van der Waals surface area (Å²) >= 11 is 0. The largest absolute Gasteiger partial charge is 0.504 e. The molecule has 24 heavy (non-hydrogen) atoms. The van der Waals surface area contributed by atoms with Crippen LogP contribution in [0.2, 0.25) is 0 Å². The van der Waals surface area contributed by atoms with Crippen LogP contribution in [-0.4, -0.2) is 24.3 Å². The summed E-state index contributed by atoms with van der Waals surface area (Å²) in [6.07, 6.45) is 8.67. The second kappa shape index (κ2) is 5.80. The summed E-state index contributed by atoms with van der Waals surface area (Å²) in [5.74, 6) is 2.80. The molecule has 4 aliphatic carbocycles. The molecule has 4 saturated carbocycles. The molecule has 0 atom stereocenters. The number of amides is 1. The van der Waals surface area contributed by atoms with Crippen LogP contribution in [0.25, 0.3) is 0 Å². The molecule has 2 N–H and O–H groups in total. The number of methoxy groups -OCH3 is 1. The Balaban J connectivity index is 1.43. The summed E-state index contributed by atoms with van der Waals surface area (Å²) < 4.78 is 5.08. The quantitative estimate of drug-likeness (QED) is 0.659. The van der Waals surface area contributed by atoms with Crippen molar-refractivity contribution in [2.75, 3.05) is 7.11 Å². The maximum Gasteiger partial charge on any atom is 0.246 e. The minimum Gasteiger partial charge on any atom is -0.504 e. The highest BCUT2D eigenvalue weighted by atomic mass is 16.5. The van der Waals surface area contributed by atoms with Gasteiger partial charge in [-0.2, -0.15) is 5.10 Å². The van der Waals surface area contributed by atoms with Gasteiger partial charge >= 0.3 is 0 Å². The highest BCUT2D eigenvalue weighted by molar-refractivity contribution is 5.86. The Bertz CT molecular complexity index is 648. The normalized spacial score (nSPS) is 33.8. The van der Waals surface area contributed by atoms with Gasteiger partial charge in [0.05, 0.1) is 18.7 Å². The number of aromatic hydroxyl groups is 1. The summed E-state index contributed by atoms with van der Waals surface area (Å²) in [4.78, 5) is 12.8. The Morgan fingerprint density at radius 2 is 1.88 bits per heavy atom. The molecular formula is C19H24N2O3. The summed E-state index contributed by atoms with van der Waals surface area (Å²) in [5, 5.41) is 13.7. The molecule has 0 unspecified atom stereocenters. The number of hydrazone groups is 1. The van der Waals surface area contributed by atoms with Crippen molar-refractivity contribution < 1.29 is 14.6 Å². The molecule has 0 aromatic heterocycles. The summed E-state index contributed by atoms with van der Waals surface area (Å²) in [5.41, 5.74) is 3.36. The smallest absolute Gasteiger partial charge is 0.246 e. The third-order valence-corrected chi connectivity index (χ3v) is 6.10. The second-order valence-electron chi connectivity index (χ2n) is 7.83. The van der Waals surface area contributed by atoms with Crippen LogP contribution in [0, 0.1) is 23.2 Å². The van der Waals surface area contributed by atoms with Crippen molar-refractivity contribution in [2.45, 2.75) is 38.5 Å². The topological polar surface area (TPSA) is 70.9 Å². The fourth-order valence-electron chi connectivity index (χ4n) is 5.45. The van der Waals surface area contributed by atoms with Crippen molar-refractivity contribution in [1.29, 1.82) is 0 Å². The number of hydrogen-bond acceptors (Lipinski definition) is 4. The first kappa shape index (κ1) is 15.5. The lowest BCUT2D eigenvalue weighted by Crippen LogP contribution is -2.52. The van der Waals surface area contributed by atoms with Crippen LogP contribution >= 0.6 is 0 Å². The van der Waals surface area contributed by atoms with Crippen molar-refractivity contribution in [3.63, 3.8) is 0 Å². The molecule has 5 nitrogen and oxygen atoms in total. The van der Waals surface area contributed by atoms with E-state index in [2.05, 4.69) is 10.5 Å². The molecule has 0 heterocycles. The Hall–Kier alpha value is -2.04. The van der Waals surface area contributed by atoms with Crippen LogP contribution in [0.3, 0.4) is 0 Å². The lowest BCUT2D eigenvalue weighted by molar-refractivity contribution is -0.146. The van der Waals surface area contributed by atoms with Crippen LogP contribution < -0.4 is 10.2 Å². The number of nitrogens with zero attached hydrogens (tertiary/aromatic N) is 1. The maximum atomic E-state index is 12.8. The number of nitrogens with one attached hydrogen (secondary N) is 1. The third kappa shape index (κ3) is 2.66. The van der Waals surface area contributed by atoms with E-state index in [0.717, 1.165) is 42.6 Å². The molecule has 5 rings (SSSR count). The molecule has 0 aliphatic heterocycles. The average molecular weight is 328 g/mol. The van der Waals surface area contributed by atoms with E-state index in [1.165, 1.54) is 26.4 Å². The molecule has 4 fully saturated rings. The zero-order chi connectivity index (χ0) is 16.7. The molecule has 1 aromatic carbocycles. The van der Waals surface area contributed by atoms with E-state index in [1.54, 1.807) is 24.4 Å². The number of hydrogen-bond donors (Lipinski definition) is 2. The van der Waals surface area contributed by atoms with E-state index in [0.29, 0.717) is 5.75 Å². The van der Waals surface area contributed by atoms with Crippen molar-refractivity contribution >= 4 is 12.1 Å². The lowest BCUT2D eigenvalue weighted by Gasteiger charge is -2.55. The van der Waals surface area contributed by atoms with Crippen LogP contribution in [-0.2, 0) is 4.79 Å². The number of carbonyl (C=O) groups excluding carboxylic acids is 1. The first-order valence-corrected chi connectivity index (χ1v) is 8.78. The second-order valence-corrected chi connectivity index (χ2v) is 7.83. The van der Waals surface area contributed by atoms with Gasteiger partial charge in [0.2, 0.25) is 5.91 Å². The highest BCUT2D eigenvalue weighted by Gasteiger charge is 2.54. The van der Waals surface area contributed by atoms with Gasteiger partial charge in [-0.3, -0.25) is 4.79 Å². The molecule has 1 aromatic rings. The number of carbonyl (C=O) groups is 1. The van der Waals surface area contributed by atoms with Gasteiger partial charge in [-0.15, -0.1) is 0 Å². The number of ether oxygens (including phenoxy) is 1. The number of rotatable bonds is 4. The highest BCUT2D eigenvalue weighted by Crippen LogP contribution is 2.60. The van der Waals surface area contributed by atoms with E-state index in [4.69, 9.17) is 4.74 Å². The molecule has 0 saturated heterocycles. The lowest BCUT2D eigenvalue weighted by atomic mass is 9.49. The number of phenols is 1. The predicted molar refractivity (Wildman–Crippen MR) is 91.0 cm³/mol. The van der Waals surface area contributed by atoms with Crippen LogP contribution in [0.1, 0.15) is 44.1 Å². The Morgan fingerprint density at radius 1 is 1.25 bits per heavy atom. The van der Waals surface area contributed by atoms with E-state index in [1.807, 2.05) is 0 Å². The molecule has 0 radical (unpaired) electrons. The van der Waals surface area contributed by atoms with Gasteiger partial charge in [0.25, 0.3) is 0 Å². The fourth-order valence-corrected chi connectivity index (χ4v) is 5.45. The zero-order valence-corrected chi connectivity index (χ0v) is 14.0. The average Bonchev–Trinajstić information content (AvgIpc) is 2.55. The zero-order valence-electron chi connectivity index (χ0n) is 14.0. The van der Waals surface area contributed by atoms with E-state index in [-0.39, 0.29) is 17.1 Å². The fraction of sp³-hybridized carbons (Fsp3) is 0.579. The van der Waals surface area contributed by atoms with Crippen LogP contribution in [0.5, 0.6) is 11.5 Å². The van der Waals surface area contributed by atoms with Crippen LogP contribution in [0.15, 0.2) is 23.3 Å². The first-order chi connectivity index (χ1) is 11.6. The van der Waals surface area contributed by atoms with E-state index >= 15 is 0 Å². The third-order valence-electron chi connectivity index (χ3n) is 6.10. The molecule has 4 bridgehead atoms.